The van der Waals surface area contributed by atoms with Crippen LogP contribution in [0.1, 0.15) is 43.6 Å². The van der Waals surface area contributed by atoms with Crippen molar-refractivity contribution in [1.82, 2.24) is 0 Å². The number of Topliss-reactive ketones (excluding diaryl/α,β-unsaturated/α-hetero) is 3. The molecule has 104 valence electrons. The maximum Gasteiger partial charge on any atom is 0.182 e. The summed E-state index contributed by atoms with van der Waals surface area (Å²) in [6.45, 7) is 2.03. The summed E-state index contributed by atoms with van der Waals surface area (Å²) in [5.74, 6) is -2.40. The highest BCUT2D eigenvalue weighted by Crippen LogP contribution is 2.29. The van der Waals surface area contributed by atoms with Crippen molar-refractivity contribution in [2.45, 2.75) is 13.3 Å². The van der Waals surface area contributed by atoms with Crippen LogP contribution in [0.2, 0.25) is 0 Å². The van der Waals surface area contributed by atoms with E-state index in [2.05, 4.69) is 0 Å². The second kappa shape index (κ2) is 5.09. The molecule has 0 atom stereocenters. The molecule has 1 aliphatic rings. The molecule has 0 amide bonds. The normalized spacial score (nSPS) is 14.3. The zero-order valence-electron chi connectivity index (χ0n) is 11.6. The fourth-order valence-electron chi connectivity index (χ4n) is 2.65. The van der Waals surface area contributed by atoms with Crippen molar-refractivity contribution in [2.75, 3.05) is 0 Å². The quantitative estimate of drug-likeness (QED) is 0.640. The van der Waals surface area contributed by atoms with Crippen molar-refractivity contribution in [3.05, 3.63) is 70.8 Å². The van der Waals surface area contributed by atoms with Crippen LogP contribution in [0.25, 0.3) is 0 Å². The Morgan fingerprint density at radius 3 is 1.90 bits per heavy atom. The fraction of sp³-hybridized carbons (Fsp3) is 0.167. The van der Waals surface area contributed by atoms with E-state index in [9.17, 15) is 14.4 Å². The highest BCUT2D eigenvalue weighted by molar-refractivity contribution is 6.37. The summed E-state index contributed by atoms with van der Waals surface area (Å²) in [4.78, 5) is 37.1. The molecule has 0 aliphatic heterocycles. The van der Waals surface area contributed by atoms with Gasteiger partial charge in [0, 0.05) is 16.7 Å². The number of rotatable bonds is 3. The Bertz CT molecular complexity index is 706. The third-order valence-electron chi connectivity index (χ3n) is 3.89. The Hall–Kier alpha value is -2.55. The molecule has 3 heteroatoms. The van der Waals surface area contributed by atoms with E-state index in [1.54, 1.807) is 36.4 Å². The van der Waals surface area contributed by atoms with Crippen molar-refractivity contribution < 1.29 is 14.4 Å². The van der Waals surface area contributed by atoms with E-state index < -0.39 is 11.7 Å². The van der Waals surface area contributed by atoms with E-state index in [0.29, 0.717) is 16.7 Å². The predicted octanol–water partition coefficient (Wildman–Crippen LogP) is 3.13. The standard InChI is InChI=1S/C18H14O3/c1-2-11-7-9-12(10-8-11)16(19)15-17(20)13-5-3-4-6-14(13)18(15)21/h3-10,15H,2H2,1H3. The molecule has 0 heterocycles. The van der Waals surface area contributed by atoms with E-state index >= 15 is 0 Å². The Kier molecular flexibility index (Phi) is 3.26. The summed E-state index contributed by atoms with van der Waals surface area (Å²) in [6, 6.07) is 13.7. The third kappa shape index (κ3) is 2.11. The predicted molar refractivity (Wildman–Crippen MR) is 78.7 cm³/mol. The molecule has 0 spiro atoms. The van der Waals surface area contributed by atoms with Gasteiger partial charge in [-0.3, -0.25) is 14.4 Å². The Morgan fingerprint density at radius 2 is 1.43 bits per heavy atom. The summed E-state index contributed by atoms with van der Waals surface area (Å²) >= 11 is 0. The molecule has 21 heavy (non-hydrogen) atoms. The molecule has 3 rings (SSSR count). The topological polar surface area (TPSA) is 51.2 Å². The lowest BCUT2D eigenvalue weighted by molar-refractivity contribution is 0.0756. The zero-order chi connectivity index (χ0) is 15.0. The maximum atomic E-state index is 12.5. The van der Waals surface area contributed by atoms with E-state index in [1.165, 1.54) is 0 Å². The number of ketones is 3. The number of hydrogen-bond donors (Lipinski definition) is 0. The maximum absolute atomic E-state index is 12.5. The molecular weight excluding hydrogens is 264 g/mol. The van der Waals surface area contributed by atoms with E-state index in [0.717, 1.165) is 12.0 Å². The van der Waals surface area contributed by atoms with Crippen LogP contribution < -0.4 is 0 Å². The van der Waals surface area contributed by atoms with Gasteiger partial charge < -0.3 is 0 Å². The van der Waals surface area contributed by atoms with Crippen LogP contribution in [0.4, 0.5) is 0 Å². The number of fused-ring (bicyclic) bond motifs is 1. The second-order valence-electron chi connectivity index (χ2n) is 5.12. The first-order valence-corrected chi connectivity index (χ1v) is 6.94. The Balaban J connectivity index is 1.96. The number of aryl methyl sites for hydroxylation is 1. The Labute approximate surface area is 122 Å². The van der Waals surface area contributed by atoms with Crippen LogP contribution in [0.15, 0.2) is 48.5 Å². The van der Waals surface area contributed by atoms with Gasteiger partial charge in [0.25, 0.3) is 0 Å². The molecule has 2 aromatic rings. The summed E-state index contributed by atoms with van der Waals surface area (Å²) in [5.41, 5.74) is 2.22. The second-order valence-corrected chi connectivity index (χ2v) is 5.12. The lowest BCUT2D eigenvalue weighted by Gasteiger charge is -2.06. The van der Waals surface area contributed by atoms with Gasteiger partial charge in [0.15, 0.2) is 17.3 Å². The first kappa shape index (κ1) is 13.4. The van der Waals surface area contributed by atoms with Crippen LogP contribution >= 0.6 is 0 Å². The fourth-order valence-corrected chi connectivity index (χ4v) is 2.65. The lowest BCUT2D eigenvalue weighted by Crippen LogP contribution is -2.25. The molecule has 0 unspecified atom stereocenters. The van der Waals surface area contributed by atoms with Crippen molar-refractivity contribution in [3.8, 4) is 0 Å². The minimum atomic E-state index is -1.21. The smallest absolute Gasteiger partial charge is 0.182 e. The highest BCUT2D eigenvalue weighted by atomic mass is 16.2. The van der Waals surface area contributed by atoms with Gasteiger partial charge in [0.05, 0.1) is 0 Å². The summed E-state index contributed by atoms with van der Waals surface area (Å²) < 4.78 is 0. The molecule has 3 nitrogen and oxygen atoms in total. The van der Waals surface area contributed by atoms with Gasteiger partial charge in [-0.25, -0.2) is 0 Å². The monoisotopic (exact) mass is 278 g/mol. The zero-order valence-corrected chi connectivity index (χ0v) is 11.6. The third-order valence-corrected chi connectivity index (χ3v) is 3.89. The highest BCUT2D eigenvalue weighted by Gasteiger charge is 2.43. The van der Waals surface area contributed by atoms with Crippen LogP contribution in [-0.2, 0) is 6.42 Å². The van der Waals surface area contributed by atoms with Crippen molar-refractivity contribution >= 4 is 17.3 Å². The van der Waals surface area contributed by atoms with Crippen LogP contribution in [0.5, 0.6) is 0 Å². The summed E-state index contributed by atoms with van der Waals surface area (Å²) in [5, 5.41) is 0. The molecule has 0 N–H and O–H groups in total. The number of hydrogen-bond acceptors (Lipinski definition) is 3. The largest absolute Gasteiger partial charge is 0.293 e. The molecular formula is C18H14O3. The van der Waals surface area contributed by atoms with Gasteiger partial charge in [-0.2, -0.15) is 0 Å². The molecule has 0 saturated carbocycles. The van der Waals surface area contributed by atoms with Crippen LogP contribution in [-0.4, -0.2) is 17.3 Å². The molecule has 0 fully saturated rings. The van der Waals surface area contributed by atoms with Gasteiger partial charge in [-0.05, 0) is 12.0 Å². The van der Waals surface area contributed by atoms with Gasteiger partial charge in [0.1, 0.15) is 5.92 Å². The number of carbonyl (C=O) groups excluding carboxylic acids is 3. The van der Waals surface area contributed by atoms with Crippen molar-refractivity contribution in [3.63, 3.8) is 0 Å². The molecule has 2 aromatic carbocycles. The first-order chi connectivity index (χ1) is 10.1. The molecule has 0 radical (unpaired) electrons. The van der Waals surface area contributed by atoms with Crippen LogP contribution in [0, 0.1) is 5.92 Å². The average molecular weight is 278 g/mol. The number of carbonyl (C=O) groups is 3. The van der Waals surface area contributed by atoms with E-state index in [-0.39, 0.29) is 11.6 Å². The first-order valence-electron chi connectivity index (χ1n) is 6.94. The van der Waals surface area contributed by atoms with E-state index in [1.807, 2.05) is 19.1 Å². The minimum Gasteiger partial charge on any atom is -0.293 e. The summed E-state index contributed by atoms with van der Waals surface area (Å²) in [6.07, 6.45) is 0.876. The molecule has 1 aliphatic carbocycles. The van der Waals surface area contributed by atoms with Gasteiger partial charge in [-0.1, -0.05) is 55.5 Å². The Morgan fingerprint density at radius 1 is 0.905 bits per heavy atom. The SMILES string of the molecule is CCc1ccc(C(=O)C2C(=O)c3ccccc3C2=O)cc1. The van der Waals surface area contributed by atoms with Gasteiger partial charge >= 0.3 is 0 Å². The van der Waals surface area contributed by atoms with Gasteiger partial charge in [-0.15, -0.1) is 0 Å². The molecule has 0 aromatic heterocycles. The minimum absolute atomic E-state index is 0.353. The van der Waals surface area contributed by atoms with Crippen molar-refractivity contribution in [2.24, 2.45) is 5.92 Å². The lowest BCUT2D eigenvalue weighted by atomic mass is 9.92. The summed E-state index contributed by atoms with van der Waals surface area (Å²) in [7, 11) is 0. The van der Waals surface area contributed by atoms with Gasteiger partial charge in [0.2, 0.25) is 0 Å². The van der Waals surface area contributed by atoms with Crippen LogP contribution in [0.3, 0.4) is 0 Å². The van der Waals surface area contributed by atoms with Crippen molar-refractivity contribution in [1.29, 1.82) is 0 Å². The molecule has 0 bridgehead atoms. The molecule has 0 saturated heterocycles. The van der Waals surface area contributed by atoms with E-state index in [4.69, 9.17) is 0 Å². The number of benzene rings is 2. The average Bonchev–Trinajstić information content (AvgIpc) is 2.79.